The number of aliphatic hydroxyl groups is 1. The summed E-state index contributed by atoms with van der Waals surface area (Å²) >= 11 is 0. The van der Waals surface area contributed by atoms with Crippen molar-refractivity contribution in [2.45, 2.75) is 50.9 Å². The quantitative estimate of drug-likeness (QED) is 0.222. The van der Waals surface area contributed by atoms with Crippen molar-refractivity contribution in [3.63, 3.8) is 0 Å². The molecule has 0 spiro atoms. The van der Waals surface area contributed by atoms with Gasteiger partial charge in [-0.1, -0.05) is 0 Å². The molecule has 264 valence electrons. The van der Waals surface area contributed by atoms with E-state index in [0.717, 1.165) is 17.2 Å². The molecule has 2 atom stereocenters. The highest BCUT2D eigenvalue weighted by molar-refractivity contribution is 5.51. The molecule has 1 fully saturated rings. The summed E-state index contributed by atoms with van der Waals surface area (Å²) in [6.07, 6.45) is -14.2. The topological polar surface area (TPSA) is 131 Å². The van der Waals surface area contributed by atoms with E-state index in [0.29, 0.717) is 18.6 Å². The van der Waals surface area contributed by atoms with Gasteiger partial charge in [0.15, 0.2) is 11.6 Å². The van der Waals surface area contributed by atoms with Crippen molar-refractivity contribution >= 4 is 17.5 Å². The number of rotatable bonds is 11. The maximum absolute atomic E-state index is 15.4. The molecule has 0 bridgehead atoms. The molecule has 0 saturated carbocycles. The Balaban J connectivity index is 1.39. The molecule has 2 N–H and O–H groups in total. The maximum Gasteiger partial charge on any atom is 0.423 e. The number of nitrogens with zero attached hydrogens (tertiary/aromatic N) is 7. The zero-order valence-corrected chi connectivity index (χ0v) is 24.6. The highest BCUT2D eigenvalue weighted by Crippen LogP contribution is 2.33. The lowest BCUT2D eigenvalue weighted by Gasteiger charge is -2.39. The number of halogens is 10. The molecule has 22 heteroatoms. The Hall–Kier alpha value is -4.47. The first-order valence-corrected chi connectivity index (χ1v) is 13.8. The van der Waals surface area contributed by atoms with Gasteiger partial charge in [-0.3, -0.25) is 4.79 Å². The molecule has 0 amide bonds. The van der Waals surface area contributed by atoms with Gasteiger partial charge in [0.2, 0.25) is 11.8 Å². The van der Waals surface area contributed by atoms with Crippen LogP contribution >= 0.6 is 0 Å². The Morgan fingerprint density at radius 1 is 1.02 bits per heavy atom. The molecule has 4 rings (SSSR count). The van der Waals surface area contributed by atoms with E-state index in [9.17, 15) is 49.4 Å². The van der Waals surface area contributed by atoms with Gasteiger partial charge in [0.1, 0.15) is 25.1 Å². The van der Waals surface area contributed by atoms with Crippen molar-refractivity contribution in [3.05, 3.63) is 58.2 Å². The van der Waals surface area contributed by atoms with Crippen LogP contribution in [0.1, 0.15) is 24.5 Å². The number of hydrogen-bond acceptors (Lipinski definition) is 11. The summed E-state index contributed by atoms with van der Waals surface area (Å²) in [5.41, 5.74) is -5.21. The third-order valence-corrected chi connectivity index (χ3v) is 6.67. The minimum absolute atomic E-state index is 0.0591. The van der Waals surface area contributed by atoms with Crippen molar-refractivity contribution in [3.8, 4) is 5.75 Å². The lowest BCUT2D eigenvalue weighted by molar-refractivity contribution is -0.148. The minimum Gasteiger partial charge on any atom is -0.488 e. The first kappa shape index (κ1) is 36.4. The van der Waals surface area contributed by atoms with Gasteiger partial charge in [-0.2, -0.15) is 49.0 Å². The summed E-state index contributed by atoms with van der Waals surface area (Å²) in [5, 5.41) is 16.6. The summed E-state index contributed by atoms with van der Waals surface area (Å²) in [6, 6.07) is 0.118. The van der Waals surface area contributed by atoms with Gasteiger partial charge < -0.3 is 29.7 Å². The van der Waals surface area contributed by atoms with Crippen LogP contribution in [0.3, 0.4) is 0 Å². The third kappa shape index (κ3) is 9.11. The number of aliphatic hydroxyl groups excluding tert-OH is 1. The van der Waals surface area contributed by atoms with E-state index in [-0.39, 0.29) is 36.1 Å². The molecule has 12 nitrogen and oxygen atoms in total. The Morgan fingerprint density at radius 3 is 2.31 bits per heavy atom. The van der Waals surface area contributed by atoms with Crippen LogP contribution in [-0.2, 0) is 23.8 Å². The van der Waals surface area contributed by atoms with E-state index in [1.807, 2.05) is 0 Å². The van der Waals surface area contributed by atoms with Crippen molar-refractivity contribution in [1.29, 1.82) is 0 Å². The minimum atomic E-state index is -5.20. The third-order valence-electron chi connectivity index (χ3n) is 6.67. The van der Waals surface area contributed by atoms with Gasteiger partial charge in [-0.25, -0.2) is 19.6 Å². The van der Waals surface area contributed by atoms with Crippen LogP contribution in [0.5, 0.6) is 5.75 Å². The van der Waals surface area contributed by atoms with E-state index < -0.39 is 91.1 Å². The standard InChI is InChI=1S/C26H26F10N8O4/c1-14(41-16-10-40-44(13-47-7-3-24(28,29)30)22(46)19(16)26(34,35)36)12-48-17-2-4-37-21(20(17)27)43-6-5-42(11-18(43)45)23-38-8-15(9-39-23)25(31,32)33/h2,4,8-10,14,18,41,45H,3,5-7,11-13H2,1H3/t14-,18-/m0/s1. The molecule has 1 aliphatic heterocycles. The number of ether oxygens (including phenoxy) is 2. The van der Waals surface area contributed by atoms with Crippen LogP contribution in [0.4, 0.5) is 61.4 Å². The van der Waals surface area contributed by atoms with Crippen molar-refractivity contribution < 1.29 is 58.5 Å². The molecule has 4 heterocycles. The maximum atomic E-state index is 15.4. The second-order valence-electron chi connectivity index (χ2n) is 10.3. The lowest BCUT2D eigenvalue weighted by atomic mass is 10.2. The van der Waals surface area contributed by atoms with Crippen molar-refractivity contribution in [1.82, 2.24) is 24.7 Å². The summed E-state index contributed by atoms with van der Waals surface area (Å²) in [6.45, 7) is -1.22. The number of aromatic nitrogens is 5. The molecule has 48 heavy (non-hydrogen) atoms. The fourth-order valence-electron chi connectivity index (χ4n) is 4.38. The van der Waals surface area contributed by atoms with Crippen LogP contribution in [-0.4, -0.2) is 81.1 Å². The SMILES string of the molecule is C[C@@H](COc1ccnc(N2CCN(c3ncc(C(F)(F)F)cn3)C[C@@H]2O)c1F)Nc1cnn(COCCC(F)(F)F)c(=O)c1C(F)(F)F. The Kier molecular flexibility index (Phi) is 10.9. The largest absolute Gasteiger partial charge is 0.488 e. The first-order chi connectivity index (χ1) is 22.3. The fraction of sp³-hybridized carbons (Fsp3) is 0.500. The van der Waals surface area contributed by atoms with Gasteiger partial charge in [0, 0.05) is 37.7 Å². The zero-order chi connectivity index (χ0) is 35.4. The van der Waals surface area contributed by atoms with E-state index in [4.69, 9.17) is 4.74 Å². The summed E-state index contributed by atoms with van der Waals surface area (Å²) in [4.78, 5) is 26.3. The fourth-order valence-corrected chi connectivity index (χ4v) is 4.38. The molecular formula is C26H26F10N8O4. The number of β-amino-alcohol motifs (C(OH)–C–C–N with tert-alkyl or cyclic N) is 1. The van der Waals surface area contributed by atoms with Crippen LogP contribution in [0.15, 0.2) is 35.6 Å². The van der Waals surface area contributed by atoms with E-state index >= 15 is 4.39 Å². The van der Waals surface area contributed by atoms with Gasteiger partial charge in [0.05, 0.1) is 43.1 Å². The normalized spacial score (nSPS) is 16.6. The monoisotopic (exact) mass is 704 g/mol. The summed E-state index contributed by atoms with van der Waals surface area (Å²) < 4.78 is 142. The van der Waals surface area contributed by atoms with Crippen LogP contribution in [0.2, 0.25) is 0 Å². The van der Waals surface area contributed by atoms with Crippen LogP contribution in [0, 0.1) is 5.82 Å². The predicted molar refractivity (Wildman–Crippen MR) is 145 cm³/mol. The van der Waals surface area contributed by atoms with Gasteiger partial charge in [0.25, 0.3) is 5.56 Å². The molecule has 1 aliphatic rings. The molecule has 1 saturated heterocycles. The molecule has 0 aromatic carbocycles. The van der Waals surface area contributed by atoms with E-state index in [1.54, 1.807) is 0 Å². The second-order valence-corrected chi connectivity index (χ2v) is 10.3. The molecule has 0 radical (unpaired) electrons. The highest BCUT2D eigenvalue weighted by atomic mass is 19.4. The van der Waals surface area contributed by atoms with E-state index in [2.05, 4.69) is 30.1 Å². The van der Waals surface area contributed by atoms with Gasteiger partial charge in [-0.05, 0) is 6.92 Å². The molecular weight excluding hydrogens is 678 g/mol. The average Bonchev–Trinajstić information content (AvgIpc) is 2.98. The molecule has 3 aromatic rings. The Bertz CT molecular complexity index is 1600. The lowest BCUT2D eigenvalue weighted by Crippen LogP contribution is -2.54. The highest BCUT2D eigenvalue weighted by Gasteiger charge is 2.39. The summed E-state index contributed by atoms with van der Waals surface area (Å²) in [7, 11) is 0. The Labute approximate surface area is 263 Å². The Morgan fingerprint density at radius 2 is 1.71 bits per heavy atom. The first-order valence-electron chi connectivity index (χ1n) is 13.8. The second kappa shape index (κ2) is 14.3. The van der Waals surface area contributed by atoms with Gasteiger partial charge in [-0.15, -0.1) is 0 Å². The average molecular weight is 705 g/mol. The van der Waals surface area contributed by atoms with Crippen molar-refractivity contribution in [2.24, 2.45) is 0 Å². The molecule has 0 aliphatic carbocycles. The van der Waals surface area contributed by atoms with Crippen molar-refractivity contribution in [2.75, 3.05) is 48.0 Å². The van der Waals surface area contributed by atoms with E-state index in [1.165, 1.54) is 11.8 Å². The molecule has 0 unspecified atom stereocenters. The number of hydrogen-bond donors (Lipinski definition) is 2. The number of anilines is 3. The number of nitrogens with one attached hydrogen (secondary N) is 1. The number of pyridine rings is 1. The van der Waals surface area contributed by atoms with Crippen LogP contribution < -0.4 is 25.4 Å². The van der Waals surface area contributed by atoms with Gasteiger partial charge >= 0.3 is 18.5 Å². The number of alkyl halides is 9. The number of piperazine rings is 1. The summed E-state index contributed by atoms with van der Waals surface area (Å²) in [5.74, 6) is -1.87. The molecule has 3 aromatic heterocycles. The van der Waals surface area contributed by atoms with Crippen LogP contribution in [0.25, 0.3) is 0 Å². The zero-order valence-electron chi connectivity index (χ0n) is 24.6. The smallest absolute Gasteiger partial charge is 0.423 e. The predicted octanol–water partition coefficient (Wildman–Crippen LogP) is 4.06.